The number of fused-ring (bicyclic) bond motifs is 1. The van der Waals surface area contributed by atoms with Crippen molar-refractivity contribution in [3.63, 3.8) is 0 Å². The van der Waals surface area contributed by atoms with E-state index in [2.05, 4.69) is 10.3 Å². The third-order valence-electron chi connectivity index (χ3n) is 6.55. The van der Waals surface area contributed by atoms with E-state index in [-0.39, 0.29) is 24.1 Å². The first-order valence-electron chi connectivity index (χ1n) is 11.4. The second-order valence-corrected chi connectivity index (χ2v) is 9.07. The lowest BCUT2D eigenvalue weighted by Gasteiger charge is -2.23. The van der Waals surface area contributed by atoms with Gasteiger partial charge in [0.2, 0.25) is 0 Å². The van der Waals surface area contributed by atoms with Gasteiger partial charge in [0.25, 0.3) is 11.5 Å². The van der Waals surface area contributed by atoms with E-state index in [1.54, 1.807) is 0 Å². The lowest BCUT2D eigenvalue weighted by Crippen LogP contribution is -2.28. The molecule has 2 aliphatic rings. The quantitative estimate of drug-likeness (QED) is 0.641. The average molecular weight is 436 g/mol. The molecule has 1 aliphatic heterocycles. The minimum atomic E-state index is -0.201. The Hall–Kier alpha value is -3.00. The van der Waals surface area contributed by atoms with Crippen LogP contribution in [0.5, 0.6) is 0 Å². The SMILES string of the molecule is Cc1cc(C)c(CNC(=O)c2cc(C3CC3)nc3c2c(C)nn3C2CCOCC2)c(=O)[nH]1. The normalized spacial score (nSPS) is 17.1. The van der Waals surface area contributed by atoms with E-state index in [4.69, 9.17) is 14.8 Å². The fourth-order valence-corrected chi connectivity index (χ4v) is 4.65. The van der Waals surface area contributed by atoms with Crippen molar-refractivity contribution in [1.82, 2.24) is 25.1 Å². The zero-order chi connectivity index (χ0) is 22.4. The molecule has 0 unspecified atom stereocenters. The van der Waals surface area contributed by atoms with Crippen molar-refractivity contribution in [1.29, 1.82) is 0 Å². The Kier molecular flexibility index (Phi) is 5.33. The molecule has 5 rings (SSSR count). The van der Waals surface area contributed by atoms with Crippen LogP contribution in [0.4, 0.5) is 0 Å². The van der Waals surface area contributed by atoms with Crippen LogP contribution in [-0.2, 0) is 11.3 Å². The second-order valence-electron chi connectivity index (χ2n) is 9.07. The third-order valence-corrected chi connectivity index (χ3v) is 6.55. The van der Waals surface area contributed by atoms with Crippen molar-refractivity contribution in [3.8, 4) is 0 Å². The van der Waals surface area contributed by atoms with E-state index < -0.39 is 0 Å². The number of hydrogen-bond acceptors (Lipinski definition) is 5. The zero-order valence-corrected chi connectivity index (χ0v) is 18.8. The number of aromatic nitrogens is 4. The largest absolute Gasteiger partial charge is 0.381 e. The Labute approximate surface area is 186 Å². The van der Waals surface area contributed by atoms with Gasteiger partial charge in [0.05, 0.1) is 22.7 Å². The van der Waals surface area contributed by atoms with Gasteiger partial charge in [0.1, 0.15) is 0 Å². The summed E-state index contributed by atoms with van der Waals surface area (Å²) in [6.07, 6.45) is 3.98. The van der Waals surface area contributed by atoms with Crippen molar-refractivity contribution < 1.29 is 9.53 Å². The number of H-pyrrole nitrogens is 1. The summed E-state index contributed by atoms with van der Waals surface area (Å²) in [7, 11) is 0. The minimum absolute atomic E-state index is 0.162. The number of rotatable bonds is 5. The van der Waals surface area contributed by atoms with Gasteiger partial charge in [0, 0.05) is 42.6 Å². The summed E-state index contributed by atoms with van der Waals surface area (Å²) in [6, 6.07) is 4.07. The number of hydrogen-bond donors (Lipinski definition) is 2. The van der Waals surface area contributed by atoms with Crippen molar-refractivity contribution >= 4 is 16.9 Å². The Morgan fingerprint density at radius 2 is 1.94 bits per heavy atom. The molecule has 3 aromatic rings. The lowest BCUT2D eigenvalue weighted by molar-refractivity contribution is 0.0672. The molecule has 0 bridgehead atoms. The van der Waals surface area contributed by atoms with Gasteiger partial charge >= 0.3 is 0 Å². The molecule has 168 valence electrons. The summed E-state index contributed by atoms with van der Waals surface area (Å²) in [6.45, 7) is 7.28. The topological polar surface area (TPSA) is 102 Å². The molecule has 3 aromatic heterocycles. The standard InChI is InChI=1S/C24H29N5O3/c1-13-10-14(2)26-24(31)19(13)12-25-23(30)18-11-20(16-4-5-16)27-22-21(18)15(3)28-29(22)17-6-8-32-9-7-17/h10-11,16-17H,4-9,12H2,1-3H3,(H,25,30)(H,26,31). The van der Waals surface area contributed by atoms with Gasteiger partial charge < -0.3 is 15.0 Å². The Morgan fingerprint density at radius 1 is 1.19 bits per heavy atom. The van der Waals surface area contributed by atoms with E-state index in [1.165, 1.54) is 0 Å². The third kappa shape index (κ3) is 3.83. The molecular formula is C24H29N5O3. The van der Waals surface area contributed by atoms with E-state index in [0.29, 0.717) is 30.3 Å². The van der Waals surface area contributed by atoms with Gasteiger partial charge in [-0.25, -0.2) is 9.67 Å². The fraction of sp³-hybridized carbons (Fsp3) is 0.500. The molecule has 1 aliphatic carbocycles. The van der Waals surface area contributed by atoms with E-state index in [9.17, 15) is 9.59 Å². The first kappa shape index (κ1) is 20.9. The minimum Gasteiger partial charge on any atom is -0.381 e. The summed E-state index contributed by atoms with van der Waals surface area (Å²) in [5.41, 5.74) is 5.23. The molecule has 8 nitrogen and oxygen atoms in total. The van der Waals surface area contributed by atoms with Gasteiger partial charge in [-0.3, -0.25) is 9.59 Å². The highest BCUT2D eigenvalue weighted by Gasteiger charge is 2.30. The number of carbonyl (C=O) groups excluding carboxylic acids is 1. The summed E-state index contributed by atoms with van der Waals surface area (Å²) in [5.74, 6) is 0.208. The summed E-state index contributed by atoms with van der Waals surface area (Å²) in [5, 5.41) is 8.56. The lowest BCUT2D eigenvalue weighted by atomic mass is 10.1. The molecule has 1 amide bonds. The number of amides is 1. The Morgan fingerprint density at radius 3 is 2.62 bits per heavy atom. The maximum atomic E-state index is 13.3. The molecule has 1 saturated carbocycles. The summed E-state index contributed by atoms with van der Waals surface area (Å²) < 4.78 is 7.53. The highest BCUT2D eigenvalue weighted by Crippen LogP contribution is 2.41. The number of carbonyl (C=O) groups is 1. The van der Waals surface area contributed by atoms with Gasteiger partial charge in [-0.2, -0.15) is 5.10 Å². The van der Waals surface area contributed by atoms with E-state index >= 15 is 0 Å². The van der Waals surface area contributed by atoms with Crippen molar-refractivity contribution in [2.45, 2.75) is 65.0 Å². The van der Waals surface area contributed by atoms with Crippen LogP contribution < -0.4 is 10.9 Å². The molecule has 2 N–H and O–H groups in total. The Balaban J connectivity index is 1.52. The van der Waals surface area contributed by atoms with E-state index in [1.807, 2.05) is 37.6 Å². The van der Waals surface area contributed by atoms with Crippen molar-refractivity contribution in [2.75, 3.05) is 13.2 Å². The van der Waals surface area contributed by atoms with Crippen molar-refractivity contribution in [3.05, 3.63) is 56.3 Å². The molecular weight excluding hydrogens is 406 g/mol. The van der Waals surface area contributed by atoms with Crippen LogP contribution >= 0.6 is 0 Å². The molecule has 0 radical (unpaired) electrons. The number of pyridine rings is 2. The number of aromatic amines is 1. The number of ether oxygens (including phenoxy) is 1. The summed E-state index contributed by atoms with van der Waals surface area (Å²) >= 11 is 0. The first-order valence-corrected chi connectivity index (χ1v) is 11.4. The molecule has 0 spiro atoms. The monoisotopic (exact) mass is 435 g/mol. The number of aryl methyl sites for hydroxylation is 3. The predicted molar refractivity (Wildman–Crippen MR) is 121 cm³/mol. The maximum Gasteiger partial charge on any atom is 0.253 e. The number of nitrogens with zero attached hydrogens (tertiary/aromatic N) is 3. The van der Waals surface area contributed by atoms with Crippen LogP contribution in [0.3, 0.4) is 0 Å². The summed E-state index contributed by atoms with van der Waals surface area (Å²) in [4.78, 5) is 33.5. The van der Waals surface area contributed by atoms with Crippen LogP contribution in [0.25, 0.3) is 11.0 Å². The average Bonchev–Trinajstić information content (AvgIpc) is 3.56. The molecule has 2 fully saturated rings. The van der Waals surface area contributed by atoms with Gasteiger partial charge in [0.15, 0.2) is 5.65 Å². The molecule has 8 heteroatoms. The number of nitrogens with one attached hydrogen (secondary N) is 2. The second kappa shape index (κ2) is 8.16. The highest BCUT2D eigenvalue weighted by molar-refractivity contribution is 6.06. The van der Waals surface area contributed by atoms with Crippen molar-refractivity contribution in [2.24, 2.45) is 0 Å². The molecule has 4 heterocycles. The smallest absolute Gasteiger partial charge is 0.253 e. The fourth-order valence-electron chi connectivity index (χ4n) is 4.65. The molecule has 0 aromatic carbocycles. The molecule has 32 heavy (non-hydrogen) atoms. The van der Waals surface area contributed by atoms with Crippen LogP contribution in [0.15, 0.2) is 16.9 Å². The molecule has 0 atom stereocenters. The van der Waals surface area contributed by atoms with Gasteiger partial charge in [-0.05, 0) is 64.2 Å². The maximum absolute atomic E-state index is 13.3. The van der Waals surface area contributed by atoms with Gasteiger partial charge in [-0.1, -0.05) is 0 Å². The van der Waals surface area contributed by atoms with Crippen LogP contribution in [0.1, 0.15) is 76.2 Å². The van der Waals surface area contributed by atoms with Gasteiger partial charge in [-0.15, -0.1) is 0 Å². The van der Waals surface area contributed by atoms with Crippen LogP contribution in [0, 0.1) is 20.8 Å². The first-order chi connectivity index (χ1) is 15.4. The Bertz CT molecular complexity index is 1250. The van der Waals surface area contributed by atoms with Crippen LogP contribution in [-0.4, -0.2) is 38.9 Å². The zero-order valence-electron chi connectivity index (χ0n) is 18.8. The van der Waals surface area contributed by atoms with E-state index in [0.717, 1.165) is 59.4 Å². The predicted octanol–water partition coefficient (Wildman–Crippen LogP) is 3.20. The van der Waals surface area contributed by atoms with Crippen LogP contribution in [0.2, 0.25) is 0 Å². The highest BCUT2D eigenvalue weighted by atomic mass is 16.5. The molecule has 1 saturated heterocycles.